The molecule has 0 aromatic carbocycles. The van der Waals surface area contributed by atoms with Crippen LogP contribution in [-0.2, 0) is 42.9 Å². The largest absolute Gasteiger partial charge is 0.479 e. The zero-order valence-corrected chi connectivity index (χ0v) is 47.0. The molecule has 1 saturated heterocycles. The van der Waals surface area contributed by atoms with E-state index in [1.54, 1.807) is 0 Å². The summed E-state index contributed by atoms with van der Waals surface area (Å²) < 4.78 is 28.3. The number of unbranched alkanes of at least 4 members (excludes halogenated alkanes) is 21. The van der Waals surface area contributed by atoms with Gasteiger partial charge in [0.05, 0.1) is 6.61 Å². The quantitative estimate of drug-likeness (QED) is 0.0228. The van der Waals surface area contributed by atoms with E-state index in [2.05, 4.69) is 93.7 Å². The molecule has 0 aromatic rings. The Balaban J connectivity index is 2.74. The number of carboxylic acid groups (broad SMARTS) is 1. The van der Waals surface area contributed by atoms with Crippen LogP contribution in [0.2, 0.25) is 0 Å². The Hall–Kier alpha value is -4.10. The summed E-state index contributed by atoms with van der Waals surface area (Å²) in [5.41, 5.74) is 0. The second-order valence-corrected chi connectivity index (χ2v) is 19.9. The lowest BCUT2D eigenvalue weighted by Crippen LogP contribution is -2.61. The third-order valence-electron chi connectivity index (χ3n) is 12.9. The van der Waals surface area contributed by atoms with Gasteiger partial charge in [-0.25, -0.2) is 4.79 Å². The van der Waals surface area contributed by atoms with Gasteiger partial charge in [-0.3, -0.25) is 14.4 Å². The van der Waals surface area contributed by atoms with Crippen LogP contribution in [0.15, 0.2) is 85.1 Å². The third-order valence-corrected chi connectivity index (χ3v) is 12.9. The highest BCUT2D eigenvalue weighted by atomic mass is 16.7. The molecule has 0 spiro atoms. The Morgan fingerprint density at radius 1 is 0.453 bits per heavy atom. The number of esters is 3. The maximum atomic E-state index is 13.1. The van der Waals surface area contributed by atoms with E-state index in [0.717, 1.165) is 109 Å². The van der Waals surface area contributed by atoms with Crippen LogP contribution >= 0.6 is 0 Å². The average Bonchev–Trinajstić information content (AvgIpc) is 3.39. The van der Waals surface area contributed by atoms with E-state index >= 15 is 0 Å². The molecule has 6 atom stereocenters. The molecular weight excluding hydrogens is 949 g/mol. The van der Waals surface area contributed by atoms with E-state index in [0.29, 0.717) is 25.7 Å². The monoisotopic (exact) mass is 1050 g/mol. The number of aliphatic carboxylic acids is 1. The lowest BCUT2D eigenvalue weighted by atomic mass is 9.98. The summed E-state index contributed by atoms with van der Waals surface area (Å²) in [6.45, 7) is 5.82. The Morgan fingerprint density at radius 2 is 0.853 bits per heavy atom. The van der Waals surface area contributed by atoms with Crippen molar-refractivity contribution in [1.82, 2.24) is 0 Å². The van der Waals surface area contributed by atoms with Crippen molar-refractivity contribution in [2.24, 2.45) is 0 Å². The molecule has 0 saturated carbocycles. The van der Waals surface area contributed by atoms with Crippen LogP contribution in [-0.4, -0.2) is 89.2 Å². The van der Waals surface area contributed by atoms with Crippen molar-refractivity contribution in [3.8, 4) is 0 Å². The highest BCUT2D eigenvalue weighted by Gasteiger charge is 2.50. The van der Waals surface area contributed by atoms with Crippen molar-refractivity contribution >= 4 is 23.9 Å². The molecule has 1 rings (SSSR count). The zero-order valence-electron chi connectivity index (χ0n) is 47.0. The normalized spacial score (nSPS) is 18.8. The first-order chi connectivity index (χ1) is 36.6. The van der Waals surface area contributed by atoms with E-state index < -0.39 is 67.3 Å². The Kier molecular flexibility index (Phi) is 46.6. The van der Waals surface area contributed by atoms with Crippen molar-refractivity contribution in [2.45, 2.75) is 276 Å². The SMILES string of the molecule is CC/C=C\C/C=C\C/C=C\C/C=C\C/C=C\CCCC(=O)OC1C(OCC(COC(=O)CCCCCCC/C=C\CCCCCCCC)OC(=O)CCCCCCC/C=C\CCCCCC)OC(C(=O)O)C(O)C1O. The van der Waals surface area contributed by atoms with Crippen molar-refractivity contribution in [1.29, 1.82) is 0 Å². The number of hydrogen-bond donors (Lipinski definition) is 3. The fourth-order valence-electron chi connectivity index (χ4n) is 8.39. The predicted molar refractivity (Wildman–Crippen MR) is 303 cm³/mol. The molecule has 3 N–H and O–H groups in total. The molecule has 0 aliphatic carbocycles. The van der Waals surface area contributed by atoms with Crippen molar-refractivity contribution in [3.05, 3.63) is 85.1 Å². The fraction of sp³-hybridized carbons (Fsp3) is 0.714. The average molecular weight is 1050 g/mol. The first-order valence-corrected chi connectivity index (χ1v) is 29.6. The van der Waals surface area contributed by atoms with Gasteiger partial charge in [-0.05, 0) is 109 Å². The molecule has 75 heavy (non-hydrogen) atoms. The van der Waals surface area contributed by atoms with Crippen LogP contribution in [0.5, 0.6) is 0 Å². The number of aliphatic hydroxyl groups is 2. The van der Waals surface area contributed by atoms with E-state index in [1.807, 2.05) is 12.2 Å². The molecular formula is C63H104O12. The van der Waals surface area contributed by atoms with Crippen molar-refractivity contribution in [2.75, 3.05) is 13.2 Å². The molecule has 0 aromatic heterocycles. The van der Waals surface area contributed by atoms with Crippen molar-refractivity contribution in [3.63, 3.8) is 0 Å². The molecule has 0 amide bonds. The molecule has 12 heteroatoms. The fourth-order valence-corrected chi connectivity index (χ4v) is 8.39. The minimum absolute atomic E-state index is 0.0220. The second kappa shape index (κ2) is 50.7. The topological polar surface area (TPSA) is 175 Å². The van der Waals surface area contributed by atoms with Crippen molar-refractivity contribution < 1.29 is 58.2 Å². The van der Waals surface area contributed by atoms with Gasteiger partial charge in [0.2, 0.25) is 0 Å². The van der Waals surface area contributed by atoms with Gasteiger partial charge < -0.3 is 39.0 Å². The standard InChI is InChI=1S/C63H104O12/c1-4-7-10-13-16-19-22-25-27-28-30-33-36-39-42-45-48-51-57(66)74-61-59(68)58(67)60(62(69)70)75-63(61)72-53-54(73-56(65)50-47-44-41-38-35-31-24-21-18-15-12-9-6-3)52-71-55(64)49-46-43-40-37-34-32-29-26-23-20-17-14-11-8-5-2/h7,10,16,19,21,24-27,29-30,33,39,42,54,58-61,63,67-68H,4-6,8-9,11-15,17-18,20,22-23,28,31-32,34-38,40-41,43-53H2,1-3H3,(H,69,70)/b10-7-,19-16-,24-21-,27-25-,29-26-,33-30-,42-39-. The zero-order chi connectivity index (χ0) is 54.7. The lowest BCUT2D eigenvalue weighted by molar-refractivity contribution is -0.301. The van der Waals surface area contributed by atoms with E-state index in [9.17, 15) is 34.5 Å². The maximum absolute atomic E-state index is 13.1. The first-order valence-electron chi connectivity index (χ1n) is 29.6. The van der Waals surface area contributed by atoms with Crippen LogP contribution in [0.25, 0.3) is 0 Å². The molecule has 1 fully saturated rings. The van der Waals surface area contributed by atoms with Gasteiger partial charge in [-0.15, -0.1) is 0 Å². The third kappa shape index (κ3) is 40.8. The van der Waals surface area contributed by atoms with Gasteiger partial charge >= 0.3 is 23.9 Å². The minimum Gasteiger partial charge on any atom is -0.479 e. The van der Waals surface area contributed by atoms with Crippen LogP contribution in [0.3, 0.4) is 0 Å². The van der Waals surface area contributed by atoms with Crippen LogP contribution < -0.4 is 0 Å². The molecule has 12 nitrogen and oxygen atoms in total. The lowest BCUT2D eigenvalue weighted by Gasteiger charge is -2.40. The predicted octanol–water partition coefficient (Wildman–Crippen LogP) is 15.1. The minimum atomic E-state index is -1.93. The summed E-state index contributed by atoms with van der Waals surface area (Å²) in [5, 5.41) is 31.5. The number of hydrogen-bond acceptors (Lipinski definition) is 11. The van der Waals surface area contributed by atoms with Gasteiger partial charge in [0.15, 0.2) is 24.6 Å². The van der Waals surface area contributed by atoms with E-state index in [1.165, 1.54) is 64.2 Å². The first kappa shape index (κ1) is 68.9. The Morgan fingerprint density at radius 3 is 1.35 bits per heavy atom. The second-order valence-electron chi connectivity index (χ2n) is 19.9. The number of ether oxygens (including phenoxy) is 5. The number of carboxylic acids is 1. The van der Waals surface area contributed by atoms with Gasteiger partial charge in [0, 0.05) is 19.3 Å². The maximum Gasteiger partial charge on any atom is 0.335 e. The smallest absolute Gasteiger partial charge is 0.335 e. The summed E-state index contributed by atoms with van der Waals surface area (Å²) in [6, 6.07) is 0. The van der Waals surface area contributed by atoms with Gasteiger partial charge in [-0.2, -0.15) is 0 Å². The summed E-state index contributed by atoms with van der Waals surface area (Å²) in [6.07, 6.45) is 52.7. The number of carbonyl (C=O) groups excluding carboxylic acids is 3. The summed E-state index contributed by atoms with van der Waals surface area (Å²) in [7, 11) is 0. The Bertz CT molecular complexity index is 1630. The number of aliphatic hydroxyl groups excluding tert-OH is 2. The highest BCUT2D eigenvalue weighted by Crippen LogP contribution is 2.26. The van der Waals surface area contributed by atoms with E-state index in [-0.39, 0.29) is 25.9 Å². The number of allylic oxidation sites excluding steroid dienone is 14. The summed E-state index contributed by atoms with van der Waals surface area (Å²) in [4.78, 5) is 51.1. The Labute approximate surface area is 454 Å². The van der Waals surface area contributed by atoms with Gasteiger partial charge in [-0.1, -0.05) is 196 Å². The molecule has 1 heterocycles. The van der Waals surface area contributed by atoms with E-state index in [4.69, 9.17) is 23.7 Å². The molecule has 428 valence electrons. The molecule has 0 radical (unpaired) electrons. The molecule has 0 bridgehead atoms. The molecule has 6 unspecified atom stereocenters. The van der Waals surface area contributed by atoms with Gasteiger partial charge in [0.25, 0.3) is 0 Å². The van der Waals surface area contributed by atoms with Crippen LogP contribution in [0.1, 0.15) is 239 Å². The van der Waals surface area contributed by atoms with Gasteiger partial charge in [0.1, 0.15) is 18.8 Å². The number of rotatable bonds is 49. The molecule has 1 aliphatic rings. The highest BCUT2D eigenvalue weighted by molar-refractivity contribution is 5.74. The van der Waals surface area contributed by atoms with Crippen LogP contribution in [0.4, 0.5) is 0 Å². The summed E-state index contributed by atoms with van der Waals surface area (Å²) >= 11 is 0. The number of carbonyl (C=O) groups is 4. The molecule has 1 aliphatic heterocycles. The summed E-state index contributed by atoms with van der Waals surface area (Å²) in [5.74, 6) is -3.22. The van der Waals surface area contributed by atoms with Crippen LogP contribution in [0, 0.1) is 0 Å².